The Morgan fingerprint density at radius 3 is 2.56 bits per heavy atom. The van der Waals surface area contributed by atoms with E-state index >= 15 is 0 Å². The Labute approximate surface area is 105 Å². The first-order valence-corrected chi connectivity index (χ1v) is 5.64. The molecule has 0 aliphatic rings. The standard InChI is InChI=1S/C12H18N2O4/c1-12(2,8-3-4-13-6-8)7-14-9(11(17)18)5-10(15)16/h3-4,6,9,13-14H,5,7H2,1-2H3,(H,15,16)(H,17,18). The van der Waals surface area contributed by atoms with Gasteiger partial charge in [0.15, 0.2) is 0 Å². The Kier molecular flexibility index (Phi) is 4.49. The molecule has 0 aliphatic carbocycles. The van der Waals surface area contributed by atoms with Crippen LogP contribution in [0.25, 0.3) is 0 Å². The summed E-state index contributed by atoms with van der Waals surface area (Å²) in [5, 5.41) is 20.3. The second-order valence-corrected chi connectivity index (χ2v) is 4.85. The molecule has 0 saturated heterocycles. The first-order chi connectivity index (χ1) is 8.33. The summed E-state index contributed by atoms with van der Waals surface area (Å²) in [6, 6.07) is 0.843. The van der Waals surface area contributed by atoms with E-state index in [9.17, 15) is 9.59 Å². The number of carboxylic acids is 2. The third kappa shape index (κ3) is 3.89. The van der Waals surface area contributed by atoms with Gasteiger partial charge in [-0.05, 0) is 11.6 Å². The zero-order valence-electron chi connectivity index (χ0n) is 10.4. The van der Waals surface area contributed by atoms with Crippen LogP contribution in [-0.2, 0) is 15.0 Å². The van der Waals surface area contributed by atoms with Crippen molar-refractivity contribution in [3.63, 3.8) is 0 Å². The highest BCUT2D eigenvalue weighted by molar-refractivity contribution is 5.80. The molecule has 1 aromatic rings. The highest BCUT2D eigenvalue weighted by Crippen LogP contribution is 2.21. The van der Waals surface area contributed by atoms with Gasteiger partial charge in [0.2, 0.25) is 0 Å². The molecule has 0 spiro atoms. The second kappa shape index (κ2) is 5.68. The van der Waals surface area contributed by atoms with Crippen LogP contribution >= 0.6 is 0 Å². The van der Waals surface area contributed by atoms with Crippen LogP contribution in [0.3, 0.4) is 0 Å². The molecule has 0 radical (unpaired) electrons. The van der Waals surface area contributed by atoms with Crippen molar-refractivity contribution in [2.75, 3.05) is 6.54 Å². The first-order valence-electron chi connectivity index (χ1n) is 5.64. The van der Waals surface area contributed by atoms with Crippen molar-refractivity contribution < 1.29 is 19.8 Å². The summed E-state index contributed by atoms with van der Waals surface area (Å²) in [7, 11) is 0. The zero-order valence-corrected chi connectivity index (χ0v) is 10.4. The van der Waals surface area contributed by atoms with Gasteiger partial charge in [0.25, 0.3) is 0 Å². The van der Waals surface area contributed by atoms with E-state index in [2.05, 4.69) is 10.3 Å². The normalized spacial score (nSPS) is 13.2. The molecule has 0 bridgehead atoms. The van der Waals surface area contributed by atoms with Crippen LogP contribution in [0.15, 0.2) is 18.5 Å². The minimum atomic E-state index is -1.15. The van der Waals surface area contributed by atoms with Crippen LogP contribution in [0, 0.1) is 0 Å². The number of aliphatic carboxylic acids is 2. The minimum Gasteiger partial charge on any atom is -0.481 e. The van der Waals surface area contributed by atoms with E-state index in [1.54, 1.807) is 6.20 Å². The summed E-state index contributed by atoms with van der Waals surface area (Å²) in [6.07, 6.45) is 3.20. The maximum absolute atomic E-state index is 10.9. The van der Waals surface area contributed by atoms with E-state index in [1.807, 2.05) is 26.1 Å². The summed E-state index contributed by atoms with van der Waals surface area (Å²) in [6.45, 7) is 4.31. The van der Waals surface area contributed by atoms with Crippen LogP contribution in [0.2, 0.25) is 0 Å². The van der Waals surface area contributed by atoms with Crippen molar-refractivity contribution >= 4 is 11.9 Å². The maximum Gasteiger partial charge on any atom is 0.321 e. The predicted octanol–water partition coefficient (Wildman–Crippen LogP) is 0.810. The number of nitrogens with one attached hydrogen (secondary N) is 2. The molecule has 1 aromatic heterocycles. The largest absolute Gasteiger partial charge is 0.481 e. The lowest BCUT2D eigenvalue weighted by molar-refractivity contribution is -0.146. The lowest BCUT2D eigenvalue weighted by Crippen LogP contribution is -2.44. The molecule has 18 heavy (non-hydrogen) atoms. The quantitative estimate of drug-likeness (QED) is 0.576. The van der Waals surface area contributed by atoms with Crippen molar-refractivity contribution in [2.24, 2.45) is 0 Å². The topological polar surface area (TPSA) is 102 Å². The molecule has 100 valence electrons. The number of carbonyl (C=O) groups is 2. The Balaban J connectivity index is 2.61. The van der Waals surface area contributed by atoms with E-state index in [-0.39, 0.29) is 5.41 Å². The van der Waals surface area contributed by atoms with Gasteiger partial charge in [0, 0.05) is 24.4 Å². The molecule has 0 aliphatic heterocycles. The lowest BCUT2D eigenvalue weighted by Gasteiger charge is -2.26. The van der Waals surface area contributed by atoms with Gasteiger partial charge in [-0.15, -0.1) is 0 Å². The molecule has 1 atom stereocenters. The lowest BCUT2D eigenvalue weighted by atomic mass is 9.86. The number of carboxylic acid groups (broad SMARTS) is 2. The average Bonchev–Trinajstić information content (AvgIpc) is 2.77. The van der Waals surface area contributed by atoms with Gasteiger partial charge in [-0.25, -0.2) is 0 Å². The van der Waals surface area contributed by atoms with Gasteiger partial charge in [0.1, 0.15) is 6.04 Å². The van der Waals surface area contributed by atoms with Crippen LogP contribution in [0.4, 0.5) is 0 Å². The number of rotatable bonds is 7. The number of hydrogen-bond acceptors (Lipinski definition) is 3. The third-order valence-corrected chi connectivity index (χ3v) is 2.85. The summed E-state index contributed by atoms with van der Waals surface area (Å²) >= 11 is 0. The Morgan fingerprint density at radius 1 is 1.44 bits per heavy atom. The van der Waals surface area contributed by atoms with Crippen LogP contribution in [-0.4, -0.2) is 39.7 Å². The van der Waals surface area contributed by atoms with Gasteiger partial charge < -0.3 is 20.5 Å². The third-order valence-electron chi connectivity index (χ3n) is 2.85. The molecule has 0 aromatic carbocycles. The molecule has 0 amide bonds. The number of aromatic amines is 1. The molecule has 0 saturated carbocycles. The van der Waals surface area contributed by atoms with Crippen molar-refractivity contribution in [1.29, 1.82) is 0 Å². The Hall–Kier alpha value is -1.82. The molecule has 6 nitrogen and oxygen atoms in total. The van der Waals surface area contributed by atoms with Crippen molar-refractivity contribution in [3.05, 3.63) is 24.0 Å². The van der Waals surface area contributed by atoms with Gasteiger partial charge in [-0.1, -0.05) is 13.8 Å². The molecule has 6 heteroatoms. The Bertz CT molecular complexity index is 412. The highest BCUT2D eigenvalue weighted by Gasteiger charge is 2.26. The van der Waals surface area contributed by atoms with Gasteiger partial charge >= 0.3 is 11.9 Å². The van der Waals surface area contributed by atoms with Crippen LogP contribution in [0.1, 0.15) is 25.8 Å². The van der Waals surface area contributed by atoms with E-state index in [4.69, 9.17) is 10.2 Å². The SMILES string of the molecule is CC(C)(CNC(CC(=O)O)C(=O)O)c1cc[nH]c1. The number of hydrogen-bond donors (Lipinski definition) is 4. The van der Waals surface area contributed by atoms with E-state index in [0.717, 1.165) is 5.56 Å². The van der Waals surface area contributed by atoms with Gasteiger partial charge in [-0.3, -0.25) is 9.59 Å². The second-order valence-electron chi connectivity index (χ2n) is 4.85. The smallest absolute Gasteiger partial charge is 0.321 e. The summed E-state index contributed by atoms with van der Waals surface area (Å²) in [5.41, 5.74) is 0.765. The summed E-state index contributed by atoms with van der Waals surface area (Å²) in [4.78, 5) is 24.4. The van der Waals surface area contributed by atoms with Crippen molar-refractivity contribution in [2.45, 2.75) is 31.7 Å². The average molecular weight is 254 g/mol. The molecule has 0 fully saturated rings. The Morgan fingerprint density at radius 2 is 2.11 bits per heavy atom. The molecular weight excluding hydrogens is 236 g/mol. The zero-order chi connectivity index (χ0) is 13.8. The van der Waals surface area contributed by atoms with Gasteiger partial charge in [-0.2, -0.15) is 0 Å². The number of H-pyrrole nitrogens is 1. The molecule has 1 unspecified atom stereocenters. The molecule has 1 rings (SSSR count). The molecule has 1 heterocycles. The summed E-state index contributed by atoms with van der Waals surface area (Å²) in [5.74, 6) is -2.28. The van der Waals surface area contributed by atoms with Crippen molar-refractivity contribution in [3.8, 4) is 0 Å². The van der Waals surface area contributed by atoms with Crippen LogP contribution in [0.5, 0.6) is 0 Å². The fourth-order valence-corrected chi connectivity index (χ4v) is 1.65. The fraction of sp³-hybridized carbons (Fsp3) is 0.500. The van der Waals surface area contributed by atoms with E-state index < -0.39 is 24.4 Å². The van der Waals surface area contributed by atoms with E-state index in [0.29, 0.717) is 6.54 Å². The first kappa shape index (κ1) is 14.2. The minimum absolute atomic E-state index is 0.272. The summed E-state index contributed by atoms with van der Waals surface area (Å²) < 4.78 is 0. The van der Waals surface area contributed by atoms with E-state index in [1.165, 1.54) is 0 Å². The molecule has 4 N–H and O–H groups in total. The van der Waals surface area contributed by atoms with Crippen molar-refractivity contribution in [1.82, 2.24) is 10.3 Å². The molecular formula is C12H18N2O4. The monoisotopic (exact) mass is 254 g/mol. The fourth-order valence-electron chi connectivity index (χ4n) is 1.65. The highest BCUT2D eigenvalue weighted by atomic mass is 16.4. The maximum atomic E-state index is 10.9. The number of aromatic nitrogens is 1. The van der Waals surface area contributed by atoms with Crippen LogP contribution < -0.4 is 5.32 Å². The predicted molar refractivity (Wildman–Crippen MR) is 65.5 cm³/mol. The van der Waals surface area contributed by atoms with Gasteiger partial charge in [0.05, 0.1) is 6.42 Å².